The lowest BCUT2D eigenvalue weighted by Crippen LogP contribution is -2.28. The van der Waals surface area contributed by atoms with Gasteiger partial charge in [0.25, 0.3) is 0 Å². The molecular formula is C9H16N4O2S. The highest BCUT2D eigenvalue weighted by atomic mass is 32.2. The lowest BCUT2D eigenvalue weighted by atomic mass is 10.3. The minimum absolute atomic E-state index is 0.172. The van der Waals surface area contributed by atoms with E-state index < -0.39 is 10.0 Å². The van der Waals surface area contributed by atoms with Crippen LogP contribution in [0.5, 0.6) is 0 Å². The summed E-state index contributed by atoms with van der Waals surface area (Å²) in [5.41, 5.74) is 6.32. The van der Waals surface area contributed by atoms with Gasteiger partial charge in [-0.05, 0) is 11.6 Å². The molecule has 0 aromatic carbocycles. The van der Waals surface area contributed by atoms with Crippen molar-refractivity contribution < 1.29 is 8.42 Å². The molecule has 0 spiro atoms. The van der Waals surface area contributed by atoms with Crippen LogP contribution in [0, 0.1) is 0 Å². The summed E-state index contributed by atoms with van der Waals surface area (Å²) in [6, 6.07) is 3.50. The van der Waals surface area contributed by atoms with Crippen LogP contribution in [0.1, 0.15) is 5.56 Å². The Kier molecular flexibility index (Phi) is 4.22. The van der Waals surface area contributed by atoms with Crippen LogP contribution in [0.25, 0.3) is 0 Å². The number of rotatable bonds is 5. The van der Waals surface area contributed by atoms with Crippen molar-refractivity contribution in [2.24, 2.45) is 5.73 Å². The second kappa shape index (κ2) is 5.24. The van der Waals surface area contributed by atoms with Crippen molar-refractivity contribution in [3.8, 4) is 0 Å². The van der Waals surface area contributed by atoms with Crippen LogP contribution in [0.3, 0.4) is 0 Å². The number of aromatic nitrogens is 1. The minimum Gasteiger partial charge on any atom is -0.355 e. The predicted molar refractivity (Wildman–Crippen MR) is 63.2 cm³/mol. The molecule has 3 N–H and O–H groups in total. The Hall–Kier alpha value is -1.18. The highest BCUT2D eigenvalue weighted by molar-refractivity contribution is 7.89. The first-order chi connectivity index (χ1) is 7.45. The van der Waals surface area contributed by atoms with Crippen molar-refractivity contribution in [1.29, 1.82) is 0 Å². The standard InChI is InChI=1S/C9H16N4O2S/c1-13(2)16(14,15)7-12-9-4-3-8(5-10)6-11-9/h3-4,6H,5,7,10H2,1-2H3,(H,11,12). The Morgan fingerprint density at radius 1 is 1.44 bits per heavy atom. The molecule has 90 valence electrons. The number of nitrogens with zero attached hydrogens (tertiary/aromatic N) is 2. The van der Waals surface area contributed by atoms with Crippen molar-refractivity contribution in [3.05, 3.63) is 23.9 Å². The van der Waals surface area contributed by atoms with Gasteiger partial charge in [-0.3, -0.25) is 0 Å². The molecule has 0 bridgehead atoms. The summed E-state index contributed by atoms with van der Waals surface area (Å²) in [6.45, 7) is 0.420. The zero-order valence-corrected chi connectivity index (χ0v) is 10.2. The quantitative estimate of drug-likeness (QED) is 0.749. The van der Waals surface area contributed by atoms with Gasteiger partial charge in [-0.2, -0.15) is 0 Å². The molecule has 1 aromatic heterocycles. The molecule has 1 aromatic rings. The third-order valence-corrected chi connectivity index (χ3v) is 3.67. The van der Waals surface area contributed by atoms with Crippen LogP contribution < -0.4 is 11.1 Å². The number of pyridine rings is 1. The molecular weight excluding hydrogens is 228 g/mol. The topological polar surface area (TPSA) is 88.3 Å². The van der Waals surface area contributed by atoms with Gasteiger partial charge in [0.15, 0.2) is 0 Å². The zero-order valence-electron chi connectivity index (χ0n) is 9.34. The fourth-order valence-corrected chi connectivity index (χ4v) is 1.53. The van der Waals surface area contributed by atoms with E-state index >= 15 is 0 Å². The molecule has 0 fully saturated rings. The monoisotopic (exact) mass is 244 g/mol. The number of sulfonamides is 1. The average Bonchev–Trinajstić information content (AvgIpc) is 2.27. The summed E-state index contributed by atoms with van der Waals surface area (Å²) >= 11 is 0. The van der Waals surface area contributed by atoms with Crippen molar-refractivity contribution in [2.45, 2.75) is 6.54 Å². The molecule has 1 heterocycles. The van der Waals surface area contributed by atoms with E-state index in [0.29, 0.717) is 12.4 Å². The van der Waals surface area contributed by atoms with E-state index in [2.05, 4.69) is 10.3 Å². The van der Waals surface area contributed by atoms with Crippen molar-refractivity contribution in [3.63, 3.8) is 0 Å². The van der Waals surface area contributed by atoms with E-state index in [9.17, 15) is 8.42 Å². The number of nitrogens with one attached hydrogen (secondary N) is 1. The number of hydrogen-bond acceptors (Lipinski definition) is 5. The van der Waals surface area contributed by atoms with Crippen molar-refractivity contribution in [2.75, 3.05) is 25.3 Å². The van der Waals surface area contributed by atoms with Crippen LogP contribution in [-0.2, 0) is 16.6 Å². The highest BCUT2D eigenvalue weighted by Gasteiger charge is 2.12. The number of nitrogens with two attached hydrogens (primary N) is 1. The Morgan fingerprint density at radius 3 is 2.56 bits per heavy atom. The van der Waals surface area contributed by atoms with Gasteiger partial charge >= 0.3 is 0 Å². The third kappa shape index (κ3) is 3.44. The fourth-order valence-electron chi connectivity index (χ4n) is 0.944. The third-order valence-electron chi connectivity index (χ3n) is 2.05. The molecule has 0 aliphatic heterocycles. The molecule has 0 aliphatic carbocycles. The van der Waals surface area contributed by atoms with Crippen molar-refractivity contribution in [1.82, 2.24) is 9.29 Å². The average molecular weight is 244 g/mol. The van der Waals surface area contributed by atoms with Gasteiger partial charge in [-0.1, -0.05) is 6.07 Å². The predicted octanol–water partition coefficient (Wildman–Crippen LogP) is -0.199. The first-order valence-electron chi connectivity index (χ1n) is 4.75. The zero-order chi connectivity index (χ0) is 12.2. The van der Waals surface area contributed by atoms with E-state index in [-0.39, 0.29) is 5.88 Å². The largest absolute Gasteiger partial charge is 0.355 e. The van der Waals surface area contributed by atoms with Gasteiger partial charge in [0.05, 0.1) is 0 Å². The van der Waals surface area contributed by atoms with Gasteiger partial charge in [0.1, 0.15) is 11.7 Å². The van der Waals surface area contributed by atoms with Crippen LogP contribution >= 0.6 is 0 Å². The van der Waals surface area contributed by atoms with E-state index in [1.54, 1.807) is 18.3 Å². The van der Waals surface area contributed by atoms with Crippen LogP contribution in [0.4, 0.5) is 5.82 Å². The van der Waals surface area contributed by atoms with E-state index in [1.807, 2.05) is 0 Å². The molecule has 0 saturated heterocycles. The maximum atomic E-state index is 11.4. The summed E-state index contributed by atoms with van der Waals surface area (Å²) in [5.74, 6) is 0.345. The molecule has 6 nitrogen and oxygen atoms in total. The second-order valence-electron chi connectivity index (χ2n) is 3.47. The van der Waals surface area contributed by atoms with Crippen molar-refractivity contribution >= 4 is 15.8 Å². The molecule has 1 rings (SSSR count). The first-order valence-corrected chi connectivity index (χ1v) is 6.35. The van der Waals surface area contributed by atoms with Crippen LogP contribution in [-0.4, -0.2) is 37.7 Å². The molecule has 16 heavy (non-hydrogen) atoms. The molecule has 0 radical (unpaired) electrons. The van der Waals surface area contributed by atoms with E-state index in [4.69, 9.17) is 5.73 Å². The minimum atomic E-state index is -3.25. The Balaban J connectivity index is 2.62. The SMILES string of the molecule is CN(C)S(=O)(=O)CNc1ccc(CN)cn1. The molecule has 0 aliphatic rings. The maximum Gasteiger partial charge on any atom is 0.231 e. The van der Waals surface area contributed by atoms with Gasteiger partial charge in [0.2, 0.25) is 10.0 Å². The number of hydrogen-bond donors (Lipinski definition) is 2. The summed E-state index contributed by atoms with van der Waals surface area (Å²) in [7, 11) is -0.278. The van der Waals surface area contributed by atoms with Gasteiger partial charge in [0, 0.05) is 26.8 Å². The Bertz CT molecular complexity index is 427. The lowest BCUT2D eigenvalue weighted by Gasteiger charge is -2.12. The number of anilines is 1. The van der Waals surface area contributed by atoms with Gasteiger partial charge in [-0.15, -0.1) is 0 Å². The van der Waals surface area contributed by atoms with Crippen LogP contribution in [0.2, 0.25) is 0 Å². The second-order valence-corrected chi connectivity index (χ2v) is 5.65. The van der Waals surface area contributed by atoms with Gasteiger partial charge < -0.3 is 11.1 Å². The molecule has 0 atom stereocenters. The smallest absolute Gasteiger partial charge is 0.231 e. The summed E-state index contributed by atoms with van der Waals surface area (Å²) in [4.78, 5) is 4.04. The summed E-state index contributed by atoms with van der Waals surface area (Å²) in [6.07, 6.45) is 1.62. The highest BCUT2D eigenvalue weighted by Crippen LogP contribution is 2.05. The summed E-state index contributed by atoms with van der Waals surface area (Å²) < 4.78 is 24.0. The molecule has 0 saturated carbocycles. The molecule has 0 amide bonds. The normalized spacial score (nSPS) is 11.8. The van der Waals surface area contributed by atoms with Gasteiger partial charge in [-0.25, -0.2) is 17.7 Å². The maximum absolute atomic E-state index is 11.4. The first kappa shape index (κ1) is 12.9. The molecule has 7 heteroatoms. The van der Waals surface area contributed by atoms with E-state index in [0.717, 1.165) is 9.87 Å². The Labute approximate surface area is 95.5 Å². The van der Waals surface area contributed by atoms with E-state index in [1.165, 1.54) is 14.1 Å². The fraction of sp³-hybridized carbons (Fsp3) is 0.444. The summed E-state index contributed by atoms with van der Waals surface area (Å²) in [5, 5.41) is 2.74. The Morgan fingerprint density at radius 2 is 2.12 bits per heavy atom. The van der Waals surface area contributed by atoms with Crippen LogP contribution in [0.15, 0.2) is 18.3 Å². The molecule has 0 unspecified atom stereocenters. The lowest BCUT2D eigenvalue weighted by molar-refractivity contribution is 0.522.